The van der Waals surface area contributed by atoms with Gasteiger partial charge < -0.3 is 14.9 Å². The zero-order valence-corrected chi connectivity index (χ0v) is 11.9. The molecule has 6 heteroatoms. The largest absolute Gasteiger partial charge is 0.507 e. The average molecular weight is 313 g/mol. The quantitative estimate of drug-likeness (QED) is 0.849. The van der Waals surface area contributed by atoms with Crippen LogP contribution < -0.4 is 4.74 Å². The summed E-state index contributed by atoms with van der Waals surface area (Å²) in [4.78, 5) is 12.3. The molecule has 2 aromatic carbocycles. The fourth-order valence-corrected chi connectivity index (χ4v) is 2.21. The van der Waals surface area contributed by atoms with E-state index >= 15 is 0 Å². The summed E-state index contributed by atoms with van der Waals surface area (Å²) >= 11 is 11.6. The summed E-state index contributed by atoms with van der Waals surface area (Å²) in [5.41, 5.74) is -0.0672. The number of ether oxygens (including phenoxy) is 1. The van der Waals surface area contributed by atoms with Crippen molar-refractivity contribution < 1.29 is 19.7 Å². The van der Waals surface area contributed by atoms with Crippen molar-refractivity contribution in [1.82, 2.24) is 0 Å². The monoisotopic (exact) mass is 312 g/mol. The summed E-state index contributed by atoms with van der Waals surface area (Å²) in [7, 11) is 1.44. The molecule has 2 N–H and O–H groups in total. The first-order chi connectivity index (χ1) is 9.43. The lowest BCUT2D eigenvalue weighted by molar-refractivity contribution is 0.103. The Hall–Kier alpha value is -1.91. The van der Waals surface area contributed by atoms with E-state index in [0.717, 1.165) is 0 Å². The van der Waals surface area contributed by atoms with Crippen molar-refractivity contribution in [2.24, 2.45) is 0 Å². The number of carbonyl (C=O) groups excluding carboxylic acids is 1. The molecule has 0 aliphatic heterocycles. The van der Waals surface area contributed by atoms with Crippen LogP contribution in [-0.4, -0.2) is 23.1 Å². The molecule has 2 aromatic rings. The molecular weight excluding hydrogens is 303 g/mol. The van der Waals surface area contributed by atoms with Crippen LogP contribution in [0.15, 0.2) is 30.3 Å². The molecule has 0 bridgehead atoms. The number of phenolic OH excluding ortho intramolecular Hbond substituents is 2. The first kappa shape index (κ1) is 14.5. The molecule has 0 amide bonds. The van der Waals surface area contributed by atoms with Crippen molar-refractivity contribution in [2.45, 2.75) is 0 Å². The minimum Gasteiger partial charge on any atom is -0.507 e. The molecule has 104 valence electrons. The number of halogens is 2. The van der Waals surface area contributed by atoms with E-state index in [1.165, 1.54) is 37.4 Å². The second-order valence-electron chi connectivity index (χ2n) is 4.00. The highest BCUT2D eigenvalue weighted by Crippen LogP contribution is 2.34. The summed E-state index contributed by atoms with van der Waals surface area (Å²) in [5, 5.41) is 19.8. The van der Waals surface area contributed by atoms with E-state index in [1.807, 2.05) is 0 Å². The Kier molecular flexibility index (Phi) is 4.06. The van der Waals surface area contributed by atoms with Gasteiger partial charge in [0.15, 0.2) is 0 Å². The molecule has 20 heavy (non-hydrogen) atoms. The number of benzene rings is 2. The zero-order chi connectivity index (χ0) is 14.9. The molecule has 0 aromatic heterocycles. The van der Waals surface area contributed by atoms with Gasteiger partial charge >= 0.3 is 0 Å². The molecule has 0 atom stereocenters. The number of aromatic hydroxyl groups is 2. The predicted molar refractivity (Wildman–Crippen MR) is 76.2 cm³/mol. The third kappa shape index (κ3) is 2.66. The molecule has 0 radical (unpaired) electrons. The highest BCUT2D eigenvalue weighted by atomic mass is 35.5. The highest BCUT2D eigenvalue weighted by Gasteiger charge is 2.20. The Morgan fingerprint density at radius 1 is 1.10 bits per heavy atom. The van der Waals surface area contributed by atoms with Gasteiger partial charge in [-0.15, -0.1) is 0 Å². The molecule has 0 spiro atoms. The van der Waals surface area contributed by atoms with Crippen molar-refractivity contribution >= 4 is 29.0 Å². The maximum absolute atomic E-state index is 12.3. The molecule has 0 heterocycles. The van der Waals surface area contributed by atoms with Gasteiger partial charge in [-0.05, 0) is 24.3 Å². The van der Waals surface area contributed by atoms with Gasteiger partial charge in [-0.2, -0.15) is 0 Å². The van der Waals surface area contributed by atoms with Crippen LogP contribution >= 0.6 is 23.2 Å². The van der Waals surface area contributed by atoms with E-state index in [0.29, 0.717) is 5.75 Å². The SMILES string of the molecule is COc1ccc(C(=O)c2cc(Cl)cc(Cl)c2O)c(O)c1. The van der Waals surface area contributed by atoms with Crippen LogP contribution in [0.1, 0.15) is 15.9 Å². The van der Waals surface area contributed by atoms with Crippen molar-refractivity contribution in [3.63, 3.8) is 0 Å². The summed E-state index contributed by atoms with van der Waals surface area (Å²) in [6.45, 7) is 0. The number of carbonyl (C=O) groups is 1. The second-order valence-corrected chi connectivity index (χ2v) is 4.84. The highest BCUT2D eigenvalue weighted by molar-refractivity contribution is 6.36. The third-order valence-corrected chi connectivity index (χ3v) is 3.23. The van der Waals surface area contributed by atoms with Crippen molar-refractivity contribution in [3.05, 3.63) is 51.5 Å². The standard InChI is InChI=1S/C14H10Cl2O4/c1-20-8-2-3-9(12(17)6-8)13(18)10-4-7(15)5-11(16)14(10)19/h2-6,17,19H,1H3. The van der Waals surface area contributed by atoms with E-state index in [2.05, 4.69) is 0 Å². The topological polar surface area (TPSA) is 66.8 Å². The van der Waals surface area contributed by atoms with E-state index < -0.39 is 5.78 Å². The zero-order valence-electron chi connectivity index (χ0n) is 10.4. The molecular formula is C14H10Cl2O4. The summed E-state index contributed by atoms with van der Waals surface area (Å²) in [6.07, 6.45) is 0. The number of methoxy groups -OCH3 is 1. The number of phenols is 2. The van der Waals surface area contributed by atoms with Crippen molar-refractivity contribution in [2.75, 3.05) is 7.11 Å². The molecule has 2 rings (SSSR count). The van der Waals surface area contributed by atoms with Gasteiger partial charge in [0.2, 0.25) is 5.78 Å². The fourth-order valence-electron chi connectivity index (χ4n) is 1.71. The predicted octanol–water partition coefficient (Wildman–Crippen LogP) is 3.64. The number of ketones is 1. The van der Waals surface area contributed by atoms with Crippen LogP contribution in [0.2, 0.25) is 10.0 Å². The summed E-state index contributed by atoms with van der Waals surface area (Å²) in [5.74, 6) is -0.819. The Morgan fingerprint density at radius 3 is 2.40 bits per heavy atom. The van der Waals surface area contributed by atoms with Crippen LogP contribution in [0, 0.1) is 0 Å². The van der Waals surface area contributed by atoms with Crippen molar-refractivity contribution in [1.29, 1.82) is 0 Å². The van der Waals surface area contributed by atoms with Crippen LogP contribution in [-0.2, 0) is 0 Å². The first-order valence-electron chi connectivity index (χ1n) is 5.53. The van der Waals surface area contributed by atoms with E-state index in [9.17, 15) is 15.0 Å². The number of hydrogen-bond donors (Lipinski definition) is 2. The van der Waals surface area contributed by atoms with Gasteiger partial charge in [0.1, 0.15) is 17.2 Å². The third-order valence-electron chi connectivity index (χ3n) is 2.72. The molecule has 0 saturated heterocycles. The van der Waals surface area contributed by atoms with Crippen molar-refractivity contribution in [3.8, 4) is 17.2 Å². The minimum absolute atomic E-state index is 0.0134. The maximum atomic E-state index is 12.3. The normalized spacial score (nSPS) is 10.3. The van der Waals surface area contributed by atoms with Crippen LogP contribution in [0.25, 0.3) is 0 Å². The number of rotatable bonds is 3. The lowest BCUT2D eigenvalue weighted by atomic mass is 10.0. The van der Waals surface area contributed by atoms with Gasteiger partial charge in [-0.25, -0.2) is 0 Å². The number of hydrogen-bond acceptors (Lipinski definition) is 4. The van der Waals surface area contributed by atoms with Gasteiger partial charge in [0.05, 0.1) is 23.3 Å². The van der Waals surface area contributed by atoms with Crippen LogP contribution in [0.4, 0.5) is 0 Å². The van der Waals surface area contributed by atoms with Gasteiger partial charge in [-0.3, -0.25) is 4.79 Å². The maximum Gasteiger partial charge on any atom is 0.200 e. The first-order valence-corrected chi connectivity index (χ1v) is 6.29. The smallest absolute Gasteiger partial charge is 0.200 e. The Bertz CT molecular complexity index is 683. The fraction of sp³-hybridized carbons (Fsp3) is 0.0714. The Labute approximate surface area is 125 Å². The summed E-state index contributed by atoms with van der Waals surface area (Å²) < 4.78 is 4.93. The van der Waals surface area contributed by atoms with Gasteiger partial charge in [-0.1, -0.05) is 23.2 Å². The molecule has 0 aliphatic carbocycles. The van der Waals surface area contributed by atoms with Gasteiger partial charge in [0.25, 0.3) is 0 Å². The van der Waals surface area contributed by atoms with Gasteiger partial charge in [0, 0.05) is 11.1 Å². The Balaban J connectivity index is 2.52. The lowest BCUT2D eigenvalue weighted by Gasteiger charge is -2.09. The van der Waals surface area contributed by atoms with E-state index in [-0.39, 0.29) is 32.7 Å². The second kappa shape index (κ2) is 5.61. The molecule has 0 fully saturated rings. The molecule has 0 unspecified atom stereocenters. The Morgan fingerprint density at radius 2 is 1.80 bits per heavy atom. The van der Waals surface area contributed by atoms with Crippen LogP contribution in [0.3, 0.4) is 0 Å². The van der Waals surface area contributed by atoms with E-state index in [4.69, 9.17) is 27.9 Å². The molecule has 0 saturated carbocycles. The average Bonchev–Trinajstić information content (AvgIpc) is 2.41. The van der Waals surface area contributed by atoms with E-state index in [1.54, 1.807) is 0 Å². The molecule has 4 nitrogen and oxygen atoms in total. The summed E-state index contributed by atoms with van der Waals surface area (Å²) in [6, 6.07) is 6.83. The molecule has 0 aliphatic rings. The minimum atomic E-state index is -0.591. The lowest BCUT2D eigenvalue weighted by Crippen LogP contribution is -2.03. The van der Waals surface area contributed by atoms with Crippen LogP contribution in [0.5, 0.6) is 17.2 Å².